The van der Waals surface area contributed by atoms with E-state index in [1.807, 2.05) is 12.1 Å². The number of amides is 1. The Bertz CT molecular complexity index is 650. The van der Waals surface area contributed by atoms with Crippen LogP contribution in [0.5, 0.6) is 5.75 Å². The summed E-state index contributed by atoms with van der Waals surface area (Å²) in [5.74, 6) is 1.58. The molecule has 5 heteroatoms. The molecule has 0 radical (unpaired) electrons. The highest BCUT2D eigenvalue weighted by Crippen LogP contribution is 2.49. The van der Waals surface area contributed by atoms with Crippen molar-refractivity contribution in [3.05, 3.63) is 29.8 Å². The Balaban J connectivity index is 1.29. The number of benzene rings is 1. The molecule has 1 aromatic carbocycles. The van der Waals surface area contributed by atoms with Crippen molar-refractivity contribution >= 4 is 5.91 Å². The van der Waals surface area contributed by atoms with Crippen molar-refractivity contribution in [2.75, 3.05) is 33.4 Å². The summed E-state index contributed by atoms with van der Waals surface area (Å²) in [5.41, 5.74) is 1.59. The van der Waals surface area contributed by atoms with E-state index in [0.29, 0.717) is 24.0 Å². The van der Waals surface area contributed by atoms with Gasteiger partial charge < -0.3 is 14.8 Å². The largest absolute Gasteiger partial charge is 0.497 e. The summed E-state index contributed by atoms with van der Waals surface area (Å²) < 4.78 is 11.0. The fourth-order valence-corrected chi connectivity index (χ4v) is 4.89. The van der Waals surface area contributed by atoms with E-state index in [9.17, 15) is 4.79 Å². The zero-order valence-corrected chi connectivity index (χ0v) is 16.6. The van der Waals surface area contributed by atoms with Crippen LogP contribution in [0.15, 0.2) is 24.3 Å². The highest BCUT2D eigenvalue weighted by molar-refractivity contribution is 5.78. The molecule has 1 saturated heterocycles. The Kier molecular flexibility index (Phi) is 5.42. The average Bonchev–Trinajstić information content (AvgIpc) is 3.40. The molecule has 27 heavy (non-hydrogen) atoms. The van der Waals surface area contributed by atoms with Crippen molar-refractivity contribution in [3.8, 4) is 5.75 Å². The fraction of sp³-hybridized carbons (Fsp3) is 0.682. The van der Waals surface area contributed by atoms with Crippen LogP contribution in [0.4, 0.5) is 0 Å². The highest BCUT2D eigenvalue weighted by Gasteiger charge is 2.49. The van der Waals surface area contributed by atoms with E-state index in [-0.39, 0.29) is 11.9 Å². The third-order valence-corrected chi connectivity index (χ3v) is 6.49. The third kappa shape index (κ3) is 4.30. The Hall–Kier alpha value is -1.59. The number of likely N-dealkylation sites (tertiary alicyclic amines) is 1. The summed E-state index contributed by atoms with van der Waals surface area (Å²) >= 11 is 0. The second kappa shape index (κ2) is 7.80. The zero-order valence-electron chi connectivity index (χ0n) is 16.6. The molecule has 5 nitrogen and oxygen atoms in total. The molecule has 3 fully saturated rings. The third-order valence-electron chi connectivity index (χ3n) is 6.49. The molecule has 1 aromatic rings. The van der Waals surface area contributed by atoms with Gasteiger partial charge in [0.1, 0.15) is 5.75 Å². The maximum Gasteiger partial charge on any atom is 0.234 e. The van der Waals surface area contributed by atoms with Crippen LogP contribution in [0.25, 0.3) is 0 Å². The van der Waals surface area contributed by atoms with Gasteiger partial charge in [0.2, 0.25) is 5.91 Å². The van der Waals surface area contributed by atoms with Crippen molar-refractivity contribution in [1.29, 1.82) is 0 Å². The fourth-order valence-electron chi connectivity index (χ4n) is 4.89. The number of methoxy groups -OCH3 is 1. The Morgan fingerprint density at radius 3 is 2.67 bits per heavy atom. The minimum Gasteiger partial charge on any atom is -0.497 e. The number of nitrogens with one attached hydrogen (secondary N) is 1. The number of nitrogens with zero attached hydrogens (tertiary/aromatic N) is 1. The number of hydrogen-bond donors (Lipinski definition) is 1. The second-order valence-electron chi connectivity index (χ2n) is 8.60. The SMILES string of the molecule is CCOC1CC2(CCN(CC(=O)NC(c3ccc(OC)cc3)C3CC3)C2)C1. The predicted octanol–water partition coefficient (Wildman–Crippen LogP) is 3.15. The Labute approximate surface area is 162 Å². The molecule has 1 heterocycles. The predicted molar refractivity (Wildman–Crippen MR) is 105 cm³/mol. The quantitative estimate of drug-likeness (QED) is 0.762. The molecule has 1 unspecified atom stereocenters. The topological polar surface area (TPSA) is 50.8 Å². The molecule has 0 bridgehead atoms. The molecule has 1 N–H and O–H groups in total. The summed E-state index contributed by atoms with van der Waals surface area (Å²) in [7, 11) is 1.68. The van der Waals surface area contributed by atoms with Crippen molar-refractivity contribution in [1.82, 2.24) is 10.2 Å². The summed E-state index contributed by atoms with van der Waals surface area (Å²) in [6.07, 6.45) is 6.36. The van der Waals surface area contributed by atoms with Gasteiger partial charge in [-0.15, -0.1) is 0 Å². The van der Waals surface area contributed by atoms with Gasteiger partial charge in [-0.2, -0.15) is 0 Å². The molecule has 1 aliphatic heterocycles. The molecule has 3 aliphatic rings. The summed E-state index contributed by atoms with van der Waals surface area (Å²) in [6.45, 7) is 5.46. The summed E-state index contributed by atoms with van der Waals surface area (Å²) in [4.78, 5) is 15.0. The lowest BCUT2D eigenvalue weighted by Crippen LogP contribution is -2.45. The number of carbonyl (C=O) groups excluding carboxylic acids is 1. The van der Waals surface area contributed by atoms with E-state index < -0.39 is 0 Å². The van der Waals surface area contributed by atoms with Crippen molar-refractivity contribution in [2.45, 2.75) is 51.2 Å². The molecular weight excluding hydrogens is 340 g/mol. The average molecular weight is 373 g/mol. The van der Waals surface area contributed by atoms with E-state index in [4.69, 9.17) is 9.47 Å². The number of hydrogen-bond acceptors (Lipinski definition) is 4. The molecule has 4 rings (SSSR count). The zero-order chi connectivity index (χ0) is 18.9. The van der Waals surface area contributed by atoms with Gasteiger partial charge in [0.25, 0.3) is 0 Å². The number of rotatable bonds is 8. The van der Waals surface area contributed by atoms with Gasteiger partial charge in [-0.05, 0) is 74.6 Å². The second-order valence-corrected chi connectivity index (χ2v) is 8.60. The minimum absolute atomic E-state index is 0.131. The van der Waals surface area contributed by atoms with Crippen molar-refractivity contribution in [3.63, 3.8) is 0 Å². The summed E-state index contributed by atoms with van der Waals surface area (Å²) in [5, 5.41) is 3.31. The maximum atomic E-state index is 12.7. The molecule has 148 valence electrons. The van der Waals surface area contributed by atoms with E-state index in [1.165, 1.54) is 24.8 Å². The highest BCUT2D eigenvalue weighted by atomic mass is 16.5. The molecule has 1 spiro atoms. The van der Waals surface area contributed by atoms with Crippen LogP contribution in [-0.2, 0) is 9.53 Å². The Morgan fingerprint density at radius 2 is 2.04 bits per heavy atom. The monoisotopic (exact) mass is 372 g/mol. The molecule has 2 saturated carbocycles. The lowest BCUT2D eigenvalue weighted by molar-refractivity contribution is -0.123. The lowest BCUT2D eigenvalue weighted by Gasteiger charge is -2.44. The van der Waals surface area contributed by atoms with Gasteiger partial charge in [0, 0.05) is 13.2 Å². The van der Waals surface area contributed by atoms with Crippen LogP contribution in [-0.4, -0.2) is 50.3 Å². The maximum absolute atomic E-state index is 12.7. The van der Waals surface area contributed by atoms with Gasteiger partial charge >= 0.3 is 0 Å². The minimum atomic E-state index is 0.131. The van der Waals surface area contributed by atoms with Gasteiger partial charge in [-0.3, -0.25) is 9.69 Å². The van der Waals surface area contributed by atoms with E-state index in [1.54, 1.807) is 7.11 Å². The van der Waals surface area contributed by atoms with Crippen LogP contribution >= 0.6 is 0 Å². The van der Waals surface area contributed by atoms with Crippen molar-refractivity contribution < 1.29 is 14.3 Å². The van der Waals surface area contributed by atoms with Crippen LogP contribution < -0.4 is 10.1 Å². The first-order valence-electron chi connectivity index (χ1n) is 10.4. The van der Waals surface area contributed by atoms with Crippen LogP contribution in [0.2, 0.25) is 0 Å². The number of carbonyl (C=O) groups is 1. The standard InChI is InChI=1S/C22H32N2O3/c1-3-27-19-12-22(13-19)10-11-24(15-22)14-20(25)23-21(16-4-5-16)17-6-8-18(26-2)9-7-17/h6-9,16,19,21H,3-5,10-15H2,1-2H3,(H,23,25). The van der Waals surface area contributed by atoms with Crippen molar-refractivity contribution in [2.24, 2.45) is 11.3 Å². The molecule has 0 aromatic heterocycles. The van der Waals surface area contributed by atoms with Crippen LogP contribution in [0.1, 0.15) is 50.6 Å². The first-order chi connectivity index (χ1) is 13.1. The molecule has 1 amide bonds. The van der Waals surface area contributed by atoms with Crippen LogP contribution in [0, 0.1) is 11.3 Å². The van der Waals surface area contributed by atoms with E-state index in [2.05, 4.69) is 29.3 Å². The molecular formula is C22H32N2O3. The first-order valence-corrected chi connectivity index (χ1v) is 10.4. The lowest BCUT2D eigenvalue weighted by atomic mass is 9.66. The van der Waals surface area contributed by atoms with E-state index >= 15 is 0 Å². The first kappa shape index (κ1) is 18.8. The van der Waals surface area contributed by atoms with Gasteiger partial charge in [0.05, 0.1) is 25.8 Å². The Morgan fingerprint density at radius 1 is 1.30 bits per heavy atom. The smallest absolute Gasteiger partial charge is 0.234 e. The number of ether oxygens (including phenoxy) is 2. The molecule has 1 atom stereocenters. The van der Waals surface area contributed by atoms with Gasteiger partial charge in [-0.1, -0.05) is 12.1 Å². The summed E-state index contributed by atoms with van der Waals surface area (Å²) in [6, 6.07) is 8.24. The van der Waals surface area contributed by atoms with Crippen LogP contribution in [0.3, 0.4) is 0 Å². The normalized spacial score (nSPS) is 28.7. The van der Waals surface area contributed by atoms with Gasteiger partial charge in [0.15, 0.2) is 0 Å². The van der Waals surface area contributed by atoms with E-state index in [0.717, 1.165) is 38.3 Å². The van der Waals surface area contributed by atoms with Gasteiger partial charge in [-0.25, -0.2) is 0 Å². The molecule has 2 aliphatic carbocycles.